The molecular formula is C22H22N2O6. The van der Waals surface area contributed by atoms with Gasteiger partial charge in [0.05, 0.1) is 19.1 Å². The van der Waals surface area contributed by atoms with Gasteiger partial charge in [-0.05, 0) is 41.8 Å². The molecule has 0 amide bonds. The number of fused-ring (bicyclic) bond motifs is 2. The molecule has 8 heteroatoms. The van der Waals surface area contributed by atoms with Crippen molar-refractivity contribution < 1.29 is 20.1 Å². The minimum Gasteiger partial charge on any atom is -0.508 e. The summed E-state index contributed by atoms with van der Waals surface area (Å²) < 4.78 is 8.00. The van der Waals surface area contributed by atoms with E-state index in [9.17, 15) is 19.8 Å². The minimum atomic E-state index is -0.278. The van der Waals surface area contributed by atoms with Gasteiger partial charge in [-0.25, -0.2) is 0 Å². The van der Waals surface area contributed by atoms with Crippen LogP contribution in [0.5, 0.6) is 17.2 Å². The molecule has 0 aliphatic rings. The van der Waals surface area contributed by atoms with Gasteiger partial charge in [0.2, 0.25) is 0 Å². The number of hydrogen-bond acceptors (Lipinski definition) is 6. The molecule has 2 heterocycles. The summed E-state index contributed by atoms with van der Waals surface area (Å²) in [5.74, 6) is 0.390. The zero-order valence-electron chi connectivity index (χ0n) is 16.8. The van der Waals surface area contributed by atoms with Crippen LogP contribution in [0.15, 0.2) is 58.4 Å². The first kappa shape index (κ1) is 20.9. The summed E-state index contributed by atoms with van der Waals surface area (Å²) in [6.45, 7) is -0.278. The molecule has 156 valence electrons. The Morgan fingerprint density at radius 1 is 0.833 bits per heavy atom. The van der Waals surface area contributed by atoms with E-state index in [1.54, 1.807) is 44.7 Å². The lowest BCUT2D eigenvalue weighted by Crippen LogP contribution is -2.15. The highest BCUT2D eigenvalue weighted by atomic mass is 16.5. The van der Waals surface area contributed by atoms with E-state index in [0.717, 1.165) is 0 Å². The van der Waals surface area contributed by atoms with Crippen LogP contribution < -0.4 is 15.9 Å². The highest BCUT2D eigenvalue weighted by Gasteiger charge is 2.09. The molecule has 3 N–H and O–H groups in total. The van der Waals surface area contributed by atoms with E-state index in [1.807, 2.05) is 0 Å². The predicted octanol–water partition coefficient (Wildman–Crippen LogP) is 1.99. The molecule has 0 saturated carbocycles. The Labute approximate surface area is 171 Å². The summed E-state index contributed by atoms with van der Waals surface area (Å²) in [5.41, 5.74) is 0.124. The number of phenols is 2. The quantitative estimate of drug-likeness (QED) is 0.466. The standard InChI is InChI=1S/2C11H11NO3/c1-12-6-5-7-8(11(12)14)3-4-9(13)10(7)15-2;1-12-3-2-7-5-10(14)8(6-13)4-9(7)11(12)15/h3-6,13H,1-2H3;2-5,13-14H,6H2,1H3. The number of nitrogens with zero attached hydrogens (tertiary/aromatic N) is 2. The van der Waals surface area contributed by atoms with Crippen LogP contribution >= 0.6 is 0 Å². The van der Waals surface area contributed by atoms with E-state index < -0.39 is 0 Å². The van der Waals surface area contributed by atoms with E-state index >= 15 is 0 Å². The zero-order valence-corrected chi connectivity index (χ0v) is 16.8. The maximum absolute atomic E-state index is 11.7. The van der Waals surface area contributed by atoms with E-state index in [4.69, 9.17) is 9.84 Å². The highest BCUT2D eigenvalue weighted by Crippen LogP contribution is 2.32. The van der Waals surface area contributed by atoms with Gasteiger partial charge >= 0.3 is 0 Å². The third-order valence-corrected chi connectivity index (χ3v) is 4.84. The number of aliphatic hydroxyl groups is 1. The molecule has 0 radical (unpaired) electrons. The number of ether oxygens (including phenoxy) is 1. The average Bonchev–Trinajstić information content (AvgIpc) is 2.73. The zero-order chi connectivity index (χ0) is 22.0. The lowest BCUT2D eigenvalue weighted by atomic mass is 10.1. The van der Waals surface area contributed by atoms with E-state index in [0.29, 0.717) is 32.9 Å². The number of aromatic hydroxyl groups is 2. The molecule has 0 atom stereocenters. The van der Waals surface area contributed by atoms with E-state index in [2.05, 4.69) is 0 Å². The smallest absolute Gasteiger partial charge is 0.258 e. The number of hydrogen-bond donors (Lipinski definition) is 3. The lowest BCUT2D eigenvalue weighted by molar-refractivity contribution is 0.276. The van der Waals surface area contributed by atoms with Gasteiger partial charge in [-0.15, -0.1) is 0 Å². The first-order chi connectivity index (χ1) is 14.3. The second-order valence-corrected chi connectivity index (χ2v) is 6.77. The third kappa shape index (κ3) is 3.72. The number of rotatable bonds is 2. The molecule has 2 aromatic heterocycles. The van der Waals surface area contributed by atoms with Crippen LogP contribution in [0.1, 0.15) is 5.56 Å². The fraction of sp³-hybridized carbons (Fsp3) is 0.182. The fourth-order valence-corrected chi connectivity index (χ4v) is 3.15. The number of aryl methyl sites for hydroxylation is 2. The molecule has 0 unspecified atom stereocenters. The van der Waals surface area contributed by atoms with Crippen molar-refractivity contribution in [3.05, 3.63) is 75.1 Å². The maximum atomic E-state index is 11.7. The second kappa shape index (κ2) is 8.30. The third-order valence-electron chi connectivity index (χ3n) is 4.84. The normalized spacial score (nSPS) is 10.7. The largest absolute Gasteiger partial charge is 0.508 e. The van der Waals surface area contributed by atoms with Gasteiger partial charge in [-0.2, -0.15) is 0 Å². The SMILES string of the molecule is COc1c(O)ccc2c(=O)n(C)ccc12.Cn1ccc2cc(O)c(CO)cc2c1=O. The summed E-state index contributed by atoms with van der Waals surface area (Å²) >= 11 is 0. The molecule has 4 rings (SSSR count). The van der Waals surface area contributed by atoms with Crippen molar-refractivity contribution in [1.82, 2.24) is 9.13 Å². The summed E-state index contributed by atoms with van der Waals surface area (Å²) in [6, 6.07) is 9.56. The first-order valence-electron chi connectivity index (χ1n) is 9.06. The molecule has 4 aromatic rings. The fourth-order valence-electron chi connectivity index (χ4n) is 3.15. The molecular weight excluding hydrogens is 388 g/mol. The van der Waals surface area contributed by atoms with Crippen molar-refractivity contribution in [1.29, 1.82) is 0 Å². The number of phenolic OH excluding ortho intramolecular Hbond substituents is 1. The number of aliphatic hydroxyl groups excluding tert-OH is 1. The summed E-state index contributed by atoms with van der Waals surface area (Å²) in [4.78, 5) is 23.4. The summed E-state index contributed by atoms with van der Waals surface area (Å²) in [7, 11) is 4.81. The van der Waals surface area contributed by atoms with Gasteiger partial charge in [0, 0.05) is 42.8 Å². The van der Waals surface area contributed by atoms with Crippen LogP contribution in [0.4, 0.5) is 0 Å². The van der Waals surface area contributed by atoms with Crippen molar-refractivity contribution in [3.63, 3.8) is 0 Å². The van der Waals surface area contributed by atoms with Crippen LogP contribution in [0.25, 0.3) is 21.5 Å². The molecule has 2 aromatic carbocycles. The Morgan fingerprint density at radius 3 is 2.10 bits per heavy atom. The Morgan fingerprint density at radius 2 is 1.47 bits per heavy atom. The average molecular weight is 410 g/mol. The van der Waals surface area contributed by atoms with Gasteiger partial charge in [-0.3, -0.25) is 9.59 Å². The Hall–Kier alpha value is -3.78. The van der Waals surface area contributed by atoms with Crippen molar-refractivity contribution in [2.45, 2.75) is 6.61 Å². The van der Waals surface area contributed by atoms with Crippen molar-refractivity contribution in [2.24, 2.45) is 14.1 Å². The van der Waals surface area contributed by atoms with Gasteiger partial charge < -0.3 is 29.2 Å². The minimum absolute atomic E-state index is 0.0123. The van der Waals surface area contributed by atoms with Gasteiger partial charge in [0.15, 0.2) is 11.5 Å². The Balaban J connectivity index is 0.000000171. The van der Waals surface area contributed by atoms with Crippen LogP contribution in [-0.4, -0.2) is 31.6 Å². The number of methoxy groups -OCH3 is 1. The number of pyridine rings is 2. The Kier molecular flexibility index (Phi) is 5.79. The molecule has 0 aliphatic heterocycles. The van der Waals surface area contributed by atoms with Crippen LogP contribution in [0, 0.1) is 0 Å². The van der Waals surface area contributed by atoms with Gasteiger partial charge in [0.25, 0.3) is 11.1 Å². The van der Waals surface area contributed by atoms with Crippen molar-refractivity contribution in [2.75, 3.05) is 7.11 Å². The van der Waals surface area contributed by atoms with Crippen LogP contribution in [0.3, 0.4) is 0 Å². The molecule has 0 fully saturated rings. The van der Waals surface area contributed by atoms with Gasteiger partial charge in [-0.1, -0.05) is 0 Å². The topological polar surface area (TPSA) is 114 Å². The van der Waals surface area contributed by atoms with E-state index in [-0.39, 0.29) is 29.2 Å². The molecule has 8 nitrogen and oxygen atoms in total. The van der Waals surface area contributed by atoms with E-state index in [1.165, 1.54) is 34.4 Å². The molecule has 30 heavy (non-hydrogen) atoms. The monoisotopic (exact) mass is 410 g/mol. The molecule has 0 bridgehead atoms. The maximum Gasteiger partial charge on any atom is 0.258 e. The van der Waals surface area contributed by atoms with Crippen LogP contribution in [0.2, 0.25) is 0 Å². The summed E-state index contributed by atoms with van der Waals surface area (Å²) in [5, 5.41) is 30.3. The predicted molar refractivity (Wildman–Crippen MR) is 114 cm³/mol. The number of benzene rings is 2. The highest BCUT2D eigenvalue weighted by molar-refractivity contribution is 5.89. The number of aromatic nitrogens is 2. The van der Waals surface area contributed by atoms with Crippen molar-refractivity contribution >= 4 is 21.5 Å². The van der Waals surface area contributed by atoms with Crippen molar-refractivity contribution in [3.8, 4) is 17.2 Å². The van der Waals surface area contributed by atoms with Crippen LogP contribution in [-0.2, 0) is 20.7 Å². The molecule has 0 saturated heterocycles. The lowest BCUT2D eigenvalue weighted by Gasteiger charge is -2.07. The first-order valence-corrected chi connectivity index (χ1v) is 9.06. The second-order valence-electron chi connectivity index (χ2n) is 6.77. The molecule has 0 aliphatic carbocycles. The Bertz CT molecular complexity index is 1330. The van der Waals surface area contributed by atoms with Gasteiger partial charge in [0.1, 0.15) is 5.75 Å². The summed E-state index contributed by atoms with van der Waals surface area (Å²) in [6.07, 6.45) is 3.29. The molecule has 0 spiro atoms.